The van der Waals surface area contributed by atoms with Crippen molar-refractivity contribution in [3.63, 3.8) is 0 Å². The zero-order chi connectivity index (χ0) is 9.42. The summed E-state index contributed by atoms with van der Waals surface area (Å²) in [5.74, 6) is -0.394. The lowest BCUT2D eigenvalue weighted by atomic mass is 10.0. The maximum Gasteiger partial charge on any atom is 0.227 e. The van der Waals surface area contributed by atoms with E-state index in [4.69, 9.17) is 0 Å². The van der Waals surface area contributed by atoms with E-state index in [0.29, 0.717) is 18.5 Å². The van der Waals surface area contributed by atoms with Gasteiger partial charge < -0.3 is 4.90 Å². The Bertz CT molecular complexity index is 362. The van der Waals surface area contributed by atoms with Crippen LogP contribution in [0.4, 0.5) is 10.1 Å². The molecule has 1 radical (unpaired) electrons. The molecule has 3 heteroatoms. The largest absolute Gasteiger partial charge is 0.314 e. The van der Waals surface area contributed by atoms with Gasteiger partial charge in [0.1, 0.15) is 5.82 Å². The van der Waals surface area contributed by atoms with Crippen molar-refractivity contribution in [2.24, 2.45) is 0 Å². The third-order valence-corrected chi connectivity index (χ3v) is 2.29. The van der Waals surface area contributed by atoms with Gasteiger partial charge in [0, 0.05) is 19.5 Å². The Kier molecular flexibility index (Phi) is 1.79. The van der Waals surface area contributed by atoms with Gasteiger partial charge in [0.05, 0.1) is 5.69 Å². The maximum atomic E-state index is 12.8. The van der Waals surface area contributed by atoms with Crippen LogP contribution in [0, 0.1) is 11.9 Å². The van der Waals surface area contributed by atoms with E-state index in [1.807, 2.05) is 0 Å². The molecule has 0 saturated heterocycles. The number of halogens is 1. The number of fused-ring (bicyclic) bond motifs is 1. The van der Waals surface area contributed by atoms with Gasteiger partial charge >= 0.3 is 0 Å². The molecule has 0 N–H and O–H groups in total. The predicted octanol–water partition coefficient (Wildman–Crippen LogP) is 1.53. The van der Waals surface area contributed by atoms with Crippen molar-refractivity contribution >= 4 is 11.6 Å². The highest BCUT2D eigenvalue weighted by Crippen LogP contribution is 2.26. The Hall–Kier alpha value is -1.38. The quantitative estimate of drug-likeness (QED) is 0.590. The van der Waals surface area contributed by atoms with Gasteiger partial charge in [-0.25, -0.2) is 4.39 Å². The number of carbonyl (C=O) groups is 1. The molecule has 67 valence electrons. The molecule has 1 aromatic rings. The molecule has 1 amide bonds. The molecule has 0 atom stereocenters. The fourth-order valence-electron chi connectivity index (χ4n) is 1.52. The van der Waals surface area contributed by atoms with Crippen LogP contribution < -0.4 is 4.90 Å². The highest BCUT2D eigenvalue weighted by molar-refractivity contribution is 5.95. The monoisotopic (exact) mass is 178 g/mol. The fourth-order valence-corrected chi connectivity index (χ4v) is 1.52. The zero-order valence-electron chi connectivity index (χ0n) is 7.30. The molecular weight excluding hydrogens is 169 g/mol. The topological polar surface area (TPSA) is 20.3 Å². The van der Waals surface area contributed by atoms with Crippen molar-refractivity contribution in [2.45, 2.75) is 12.8 Å². The summed E-state index contributed by atoms with van der Waals surface area (Å²) >= 11 is 0. The first-order chi connectivity index (χ1) is 6.18. The number of aryl methyl sites for hydroxylation is 1. The van der Waals surface area contributed by atoms with E-state index in [2.05, 4.69) is 6.07 Å². The first kappa shape index (κ1) is 8.23. The number of hydrogen-bond acceptors (Lipinski definition) is 1. The van der Waals surface area contributed by atoms with Crippen LogP contribution in [0.3, 0.4) is 0 Å². The molecular formula is C10H9FNO. The molecule has 0 aromatic heterocycles. The minimum Gasteiger partial charge on any atom is -0.314 e. The van der Waals surface area contributed by atoms with Gasteiger partial charge in [-0.05, 0) is 18.1 Å². The number of carbonyl (C=O) groups excluding carboxylic acids is 1. The lowest BCUT2D eigenvalue weighted by Gasteiger charge is -2.25. The van der Waals surface area contributed by atoms with Crippen molar-refractivity contribution in [1.82, 2.24) is 0 Å². The van der Waals surface area contributed by atoms with E-state index in [1.165, 1.54) is 11.0 Å². The summed E-state index contributed by atoms with van der Waals surface area (Å²) in [6.45, 7) is 0. The average molecular weight is 178 g/mol. The predicted molar refractivity (Wildman–Crippen MR) is 47.0 cm³/mol. The summed E-state index contributed by atoms with van der Waals surface area (Å²) in [6.07, 6.45) is 1.19. The number of benzene rings is 1. The summed E-state index contributed by atoms with van der Waals surface area (Å²) in [6, 6.07) is 5.64. The molecule has 0 unspecified atom stereocenters. The molecule has 2 nitrogen and oxygen atoms in total. The van der Waals surface area contributed by atoms with Gasteiger partial charge in [0.2, 0.25) is 5.91 Å². The van der Waals surface area contributed by atoms with E-state index in [0.717, 1.165) is 5.56 Å². The van der Waals surface area contributed by atoms with Crippen molar-refractivity contribution < 1.29 is 9.18 Å². The van der Waals surface area contributed by atoms with Gasteiger partial charge in [0.25, 0.3) is 0 Å². The molecule has 1 aliphatic heterocycles. The van der Waals surface area contributed by atoms with Crippen LogP contribution in [0.5, 0.6) is 0 Å². The van der Waals surface area contributed by atoms with Crippen molar-refractivity contribution in [1.29, 1.82) is 0 Å². The van der Waals surface area contributed by atoms with E-state index < -0.39 is 5.82 Å². The maximum absolute atomic E-state index is 12.8. The van der Waals surface area contributed by atoms with E-state index in [9.17, 15) is 9.18 Å². The van der Waals surface area contributed by atoms with Crippen molar-refractivity contribution in [3.05, 3.63) is 29.6 Å². The molecule has 0 bridgehead atoms. The molecule has 0 fully saturated rings. The summed E-state index contributed by atoms with van der Waals surface area (Å²) in [5, 5.41) is 0. The normalized spacial score (nSPS) is 15.8. The minimum absolute atomic E-state index is 0.0225. The molecule has 13 heavy (non-hydrogen) atoms. The van der Waals surface area contributed by atoms with Crippen LogP contribution in [0.15, 0.2) is 12.1 Å². The summed E-state index contributed by atoms with van der Waals surface area (Å²) < 4.78 is 12.8. The average Bonchev–Trinajstić information content (AvgIpc) is 2.12. The molecule has 1 heterocycles. The second-order valence-corrected chi connectivity index (χ2v) is 3.13. The van der Waals surface area contributed by atoms with Crippen molar-refractivity contribution in [3.8, 4) is 0 Å². The lowest BCUT2D eigenvalue weighted by molar-refractivity contribution is -0.118. The Balaban J connectivity index is 2.51. The SMILES string of the molecule is CN1C(=O)CCc2ccc(F)[c]c21. The smallest absolute Gasteiger partial charge is 0.227 e. The molecule has 2 rings (SSSR count). The van der Waals surface area contributed by atoms with Crippen molar-refractivity contribution in [2.75, 3.05) is 11.9 Å². The number of amides is 1. The minimum atomic E-state index is -0.416. The van der Waals surface area contributed by atoms with Gasteiger partial charge in [0.15, 0.2) is 0 Å². The molecule has 0 saturated carbocycles. The molecule has 1 aliphatic rings. The Morgan fingerprint density at radius 1 is 1.46 bits per heavy atom. The van der Waals surface area contributed by atoms with E-state index in [-0.39, 0.29) is 5.91 Å². The van der Waals surface area contributed by atoms with Crippen LogP contribution in [0.2, 0.25) is 0 Å². The zero-order valence-corrected chi connectivity index (χ0v) is 7.30. The van der Waals surface area contributed by atoms with E-state index in [1.54, 1.807) is 13.1 Å². The number of hydrogen-bond donors (Lipinski definition) is 0. The lowest BCUT2D eigenvalue weighted by Crippen LogP contribution is -2.31. The standard InChI is InChI=1S/C10H9FNO/c1-12-9-6-8(11)4-2-7(9)3-5-10(12)13/h2,4H,3,5H2,1H3. The summed E-state index contributed by atoms with van der Waals surface area (Å²) in [7, 11) is 1.65. The first-order valence-electron chi connectivity index (χ1n) is 4.16. The Morgan fingerprint density at radius 2 is 2.23 bits per heavy atom. The third kappa shape index (κ3) is 1.30. The molecule has 0 spiro atoms. The highest BCUT2D eigenvalue weighted by Gasteiger charge is 2.20. The van der Waals surface area contributed by atoms with Crippen LogP contribution in [-0.4, -0.2) is 13.0 Å². The van der Waals surface area contributed by atoms with Crippen LogP contribution in [0.1, 0.15) is 12.0 Å². The van der Waals surface area contributed by atoms with Gasteiger partial charge in [-0.3, -0.25) is 4.79 Å². The fraction of sp³-hybridized carbons (Fsp3) is 0.300. The summed E-state index contributed by atoms with van der Waals surface area (Å²) in [4.78, 5) is 12.7. The van der Waals surface area contributed by atoms with Gasteiger partial charge in [-0.2, -0.15) is 0 Å². The summed E-state index contributed by atoms with van der Waals surface area (Å²) in [5.41, 5.74) is 1.57. The number of anilines is 1. The van der Waals surface area contributed by atoms with Crippen LogP contribution in [-0.2, 0) is 11.2 Å². The van der Waals surface area contributed by atoms with Gasteiger partial charge in [-0.1, -0.05) is 6.07 Å². The van der Waals surface area contributed by atoms with Crippen LogP contribution >= 0.6 is 0 Å². The Labute approximate surface area is 76.0 Å². The second-order valence-electron chi connectivity index (χ2n) is 3.13. The Morgan fingerprint density at radius 3 is 3.00 bits per heavy atom. The highest BCUT2D eigenvalue weighted by atomic mass is 19.1. The van der Waals surface area contributed by atoms with E-state index >= 15 is 0 Å². The second kappa shape index (κ2) is 2.83. The van der Waals surface area contributed by atoms with Crippen LogP contribution in [0.25, 0.3) is 0 Å². The third-order valence-electron chi connectivity index (χ3n) is 2.29. The molecule has 1 aromatic carbocycles. The molecule has 0 aliphatic carbocycles. The number of rotatable bonds is 0. The number of nitrogens with zero attached hydrogens (tertiary/aromatic N) is 1. The first-order valence-corrected chi connectivity index (χ1v) is 4.16. The van der Waals surface area contributed by atoms with Gasteiger partial charge in [-0.15, -0.1) is 0 Å².